The summed E-state index contributed by atoms with van der Waals surface area (Å²) in [5.41, 5.74) is 3.85. The van der Waals surface area contributed by atoms with E-state index < -0.39 is 0 Å². The first-order valence-corrected chi connectivity index (χ1v) is 10.6. The minimum Gasteiger partial charge on any atom is -0.494 e. The van der Waals surface area contributed by atoms with Gasteiger partial charge in [-0.2, -0.15) is 0 Å². The molecule has 2 aromatic carbocycles. The Morgan fingerprint density at radius 3 is 2.57 bits per heavy atom. The van der Waals surface area contributed by atoms with Crippen LogP contribution in [-0.2, 0) is 17.9 Å². The van der Waals surface area contributed by atoms with Crippen LogP contribution >= 0.6 is 0 Å². The van der Waals surface area contributed by atoms with Gasteiger partial charge in [0.2, 0.25) is 5.91 Å². The zero-order valence-electron chi connectivity index (χ0n) is 18.1. The topological polar surface area (TPSA) is 56.2 Å². The Hall–Kier alpha value is -3.08. The minimum atomic E-state index is -0.148. The van der Waals surface area contributed by atoms with Gasteiger partial charge in [0.25, 0.3) is 0 Å². The van der Waals surface area contributed by atoms with Crippen molar-refractivity contribution in [2.24, 2.45) is 0 Å². The van der Waals surface area contributed by atoms with E-state index in [2.05, 4.69) is 48.5 Å². The molecule has 0 aliphatic rings. The number of fused-ring (bicyclic) bond motifs is 1. The summed E-state index contributed by atoms with van der Waals surface area (Å²) in [7, 11) is 0. The highest BCUT2D eigenvalue weighted by Crippen LogP contribution is 2.20. The van der Waals surface area contributed by atoms with Gasteiger partial charge in [-0.15, -0.1) is 0 Å². The van der Waals surface area contributed by atoms with Crippen molar-refractivity contribution < 1.29 is 9.53 Å². The molecule has 1 amide bonds. The number of unbranched alkanes of at least 4 members (excludes halogenated alkanes) is 1. The Balaban J connectivity index is 1.56. The molecule has 3 rings (SSSR count). The third-order valence-electron chi connectivity index (χ3n) is 5.12. The summed E-state index contributed by atoms with van der Waals surface area (Å²) in [5.74, 6) is 2.15. The number of carbonyl (C=O) groups is 1. The third kappa shape index (κ3) is 5.50. The average Bonchev–Trinajstić information content (AvgIpc) is 3.09. The zero-order valence-corrected chi connectivity index (χ0v) is 18.1. The molecule has 0 radical (unpaired) electrons. The summed E-state index contributed by atoms with van der Waals surface area (Å²) < 4.78 is 8.08. The fourth-order valence-corrected chi connectivity index (χ4v) is 3.33. The molecule has 0 spiro atoms. The van der Waals surface area contributed by atoms with Crippen molar-refractivity contribution in [3.63, 3.8) is 0 Å². The van der Waals surface area contributed by atoms with Gasteiger partial charge < -0.3 is 14.6 Å². The number of nitrogens with zero attached hydrogens (tertiary/aromatic N) is 2. The second-order valence-corrected chi connectivity index (χ2v) is 7.91. The van der Waals surface area contributed by atoms with E-state index >= 15 is 0 Å². The molecule has 0 bridgehead atoms. The van der Waals surface area contributed by atoms with Crippen molar-refractivity contribution in [1.82, 2.24) is 14.9 Å². The quantitative estimate of drug-likeness (QED) is 0.372. The lowest BCUT2D eigenvalue weighted by atomic mass is 10.0. The van der Waals surface area contributed by atoms with E-state index in [1.165, 1.54) is 5.56 Å². The van der Waals surface area contributed by atoms with Crippen LogP contribution in [-0.4, -0.2) is 22.1 Å². The number of hydrogen-bond acceptors (Lipinski definition) is 3. The van der Waals surface area contributed by atoms with E-state index in [0.717, 1.165) is 42.0 Å². The predicted molar refractivity (Wildman–Crippen MR) is 122 cm³/mol. The number of hydrogen-bond donors (Lipinski definition) is 1. The van der Waals surface area contributed by atoms with Gasteiger partial charge in [0, 0.05) is 12.1 Å². The van der Waals surface area contributed by atoms with E-state index in [1.54, 1.807) is 6.92 Å². The lowest BCUT2D eigenvalue weighted by Gasteiger charge is -2.11. The molecule has 0 atom stereocenters. The van der Waals surface area contributed by atoms with Gasteiger partial charge in [-0.1, -0.05) is 44.7 Å². The molecule has 30 heavy (non-hydrogen) atoms. The molecule has 0 fully saturated rings. The van der Waals surface area contributed by atoms with Crippen molar-refractivity contribution in [1.29, 1.82) is 0 Å². The van der Waals surface area contributed by atoms with Crippen LogP contribution < -0.4 is 10.1 Å². The van der Waals surface area contributed by atoms with Crippen LogP contribution in [0.4, 0.5) is 0 Å². The number of aryl methyl sites for hydroxylation is 1. The molecular weight excluding hydrogens is 374 g/mol. The van der Waals surface area contributed by atoms with E-state index in [1.807, 2.05) is 30.3 Å². The SMILES string of the molecule is C=C(C)C(=O)NCc1nc2ccccc2n1CCCCOc1ccc(C(C)C)cc1. The minimum absolute atomic E-state index is 0.148. The smallest absolute Gasteiger partial charge is 0.246 e. The fraction of sp³-hybridized carbons (Fsp3) is 0.360. The Labute approximate surface area is 178 Å². The van der Waals surface area contributed by atoms with Gasteiger partial charge in [-0.3, -0.25) is 4.79 Å². The van der Waals surface area contributed by atoms with Crippen LogP contribution in [0.5, 0.6) is 5.75 Å². The molecule has 158 valence electrons. The first kappa shape index (κ1) is 21.6. The van der Waals surface area contributed by atoms with Gasteiger partial charge >= 0.3 is 0 Å². The second-order valence-electron chi connectivity index (χ2n) is 7.91. The molecule has 1 heterocycles. The van der Waals surface area contributed by atoms with E-state index in [4.69, 9.17) is 9.72 Å². The summed E-state index contributed by atoms with van der Waals surface area (Å²) in [6.45, 7) is 11.7. The maximum absolute atomic E-state index is 11.9. The molecule has 0 aliphatic heterocycles. The van der Waals surface area contributed by atoms with Gasteiger partial charge in [-0.25, -0.2) is 4.98 Å². The van der Waals surface area contributed by atoms with Crippen LogP contribution in [0, 0.1) is 0 Å². The molecule has 1 aromatic heterocycles. The molecule has 3 aromatic rings. The molecule has 5 heteroatoms. The molecule has 0 aliphatic carbocycles. The van der Waals surface area contributed by atoms with Crippen molar-refractivity contribution in [2.45, 2.75) is 52.6 Å². The number of imidazole rings is 1. The molecule has 0 unspecified atom stereocenters. The molecular formula is C25H31N3O2. The van der Waals surface area contributed by atoms with Gasteiger partial charge in [0.1, 0.15) is 11.6 Å². The van der Waals surface area contributed by atoms with Crippen molar-refractivity contribution >= 4 is 16.9 Å². The predicted octanol–water partition coefficient (Wildman–Crippen LogP) is 5.21. The van der Waals surface area contributed by atoms with Gasteiger partial charge in [0.15, 0.2) is 0 Å². The number of aromatic nitrogens is 2. The maximum Gasteiger partial charge on any atom is 0.246 e. The molecule has 0 saturated heterocycles. The number of carbonyl (C=O) groups excluding carboxylic acids is 1. The summed E-state index contributed by atoms with van der Waals surface area (Å²) in [6.07, 6.45) is 1.90. The lowest BCUT2D eigenvalue weighted by molar-refractivity contribution is -0.117. The molecule has 0 saturated carbocycles. The first-order chi connectivity index (χ1) is 14.5. The van der Waals surface area contributed by atoms with E-state index in [-0.39, 0.29) is 5.91 Å². The third-order valence-corrected chi connectivity index (χ3v) is 5.12. The first-order valence-electron chi connectivity index (χ1n) is 10.6. The normalized spacial score (nSPS) is 11.1. The largest absolute Gasteiger partial charge is 0.494 e. The monoisotopic (exact) mass is 405 g/mol. The standard InChI is InChI=1S/C25H31N3O2/c1-18(2)20-11-13-21(14-12-20)30-16-8-7-15-28-23-10-6-5-9-22(23)27-24(28)17-26-25(29)19(3)4/h5-6,9-14,18H,3,7-8,15-17H2,1-2,4H3,(H,26,29). The highest BCUT2D eigenvalue weighted by molar-refractivity contribution is 5.92. The Morgan fingerprint density at radius 1 is 1.13 bits per heavy atom. The van der Waals surface area contributed by atoms with Crippen molar-refractivity contribution in [3.05, 3.63) is 72.1 Å². The second kappa shape index (κ2) is 10.1. The Kier molecular flexibility index (Phi) is 7.28. The fourth-order valence-electron chi connectivity index (χ4n) is 3.33. The summed E-state index contributed by atoms with van der Waals surface area (Å²) in [6, 6.07) is 16.4. The summed E-state index contributed by atoms with van der Waals surface area (Å²) in [4.78, 5) is 16.6. The average molecular weight is 406 g/mol. The number of ether oxygens (including phenoxy) is 1. The number of para-hydroxylation sites is 2. The molecule has 1 N–H and O–H groups in total. The van der Waals surface area contributed by atoms with Crippen LogP contribution in [0.2, 0.25) is 0 Å². The van der Waals surface area contributed by atoms with Crippen molar-refractivity contribution in [2.75, 3.05) is 6.61 Å². The van der Waals surface area contributed by atoms with E-state index in [9.17, 15) is 4.79 Å². The van der Waals surface area contributed by atoms with Crippen molar-refractivity contribution in [3.8, 4) is 5.75 Å². The lowest BCUT2D eigenvalue weighted by Crippen LogP contribution is -2.25. The van der Waals surface area contributed by atoms with Gasteiger partial charge in [0.05, 0.1) is 24.2 Å². The van der Waals surface area contributed by atoms with Crippen LogP contribution in [0.3, 0.4) is 0 Å². The Morgan fingerprint density at radius 2 is 1.87 bits per heavy atom. The number of rotatable bonds is 10. The van der Waals surface area contributed by atoms with Crippen LogP contribution in [0.25, 0.3) is 11.0 Å². The number of amides is 1. The Bertz CT molecular complexity index is 1000. The number of nitrogens with one attached hydrogen (secondary N) is 1. The maximum atomic E-state index is 11.9. The zero-order chi connectivity index (χ0) is 21.5. The highest BCUT2D eigenvalue weighted by atomic mass is 16.5. The van der Waals surface area contributed by atoms with E-state index in [0.29, 0.717) is 24.6 Å². The van der Waals surface area contributed by atoms with Crippen LogP contribution in [0.15, 0.2) is 60.7 Å². The number of benzene rings is 2. The molecule has 5 nitrogen and oxygen atoms in total. The highest BCUT2D eigenvalue weighted by Gasteiger charge is 2.11. The summed E-state index contributed by atoms with van der Waals surface area (Å²) >= 11 is 0. The van der Waals surface area contributed by atoms with Crippen LogP contribution in [0.1, 0.15) is 50.9 Å². The summed E-state index contributed by atoms with van der Waals surface area (Å²) in [5, 5.41) is 2.89. The van der Waals surface area contributed by atoms with Gasteiger partial charge in [-0.05, 0) is 55.5 Å².